The third-order valence-corrected chi connectivity index (χ3v) is 4.61. The molecule has 0 spiro atoms. The first-order valence-electron chi connectivity index (χ1n) is 7.22. The highest BCUT2D eigenvalue weighted by Crippen LogP contribution is 2.33. The molecule has 108 valence electrons. The van der Waals surface area contributed by atoms with Gasteiger partial charge in [-0.15, -0.1) is 11.3 Å². The minimum Gasteiger partial charge on any atom is -0.397 e. The molecule has 0 aliphatic heterocycles. The number of hydrogen-bond acceptors (Lipinski definition) is 4. The number of nitrogen functional groups attached to an aromatic ring is 1. The largest absolute Gasteiger partial charge is 0.397 e. The number of nitrogens with one attached hydrogen (secondary N) is 1. The number of thiophene rings is 1. The van der Waals surface area contributed by atoms with E-state index >= 15 is 0 Å². The lowest BCUT2D eigenvalue weighted by Crippen LogP contribution is -2.10. The van der Waals surface area contributed by atoms with Gasteiger partial charge in [-0.2, -0.15) is 0 Å². The van der Waals surface area contributed by atoms with Crippen LogP contribution in [-0.4, -0.2) is 4.98 Å². The maximum atomic E-state index is 6.32. The highest BCUT2D eigenvalue weighted by molar-refractivity contribution is 7.10. The number of aromatic nitrogens is 1. The zero-order chi connectivity index (χ0) is 14.7. The average Bonchev–Trinajstić information content (AvgIpc) is 3.04. The Bertz CT molecular complexity index is 722. The summed E-state index contributed by atoms with van der Waals surface area (Å²) >= 11 is 1.78. The van der Waals surface area contributed by atoms with Crippen molar-refractivity contribution in [3.05, 3.63) is 52.9 Å². The Hall–Kier alpha value is -2.07. The summed E-state index contributed by atoms with van der Waals surface area (Å²) in [5.41, 5.74) is 9.02. The fraction of sp³-hybridized carbons (Fsp3) is 0.235. The van der Waals surface area contributed by atoms with Crippen molar-refractivity contribution < 1.29 is 0 Å². The number of benzene rings is 1. The molecule has 3 N–H and O–H groups in total. The van der Waals surface area contributed by atoms with Gasteiger partial charge in [-0.25, -0.2) is 0 Å². The molecule has 3 nitrogen and oxygen atoms in total. The monoisotopic (exact) mass is 297 g/mol. The number of fused-ring (bicyclic) bond motifs is 1. The molecule has 3 aromatic rings. The van der Waals surface area contributed by atoms with Crippen LogP contribution in [0.4, 0.5) is 11.4 Å². The van der Waals surface area contributed by atoms with Crippen molar-refractivity contribution >= 4 is 33.6 Å². The Morgan fingerprint density at radius 3 is 2.90 bits per heavy atom. The Kier molecular flexibility index (Phi) is 4.06. The van der Waals surface area contributed by atoms with Crippen molar-refractivity contribution in [2.24, 2.45) is 0 Å². The number of anilines is 2. The van der Waals surface area contributed by atoms with Crippen LogP contribution in [0.1, 0.15) is 30.7 Å². The van der Waals surface area contributed by atoms with Crippen LogP contribution in [0.5, 0.6) is 0 Å². The molecule has 0 aliphatic carbocycles. The topological polar surface area (TPSA) is 50.9 Å². The van der Waals surface area contributed by atoms with Gasteiger partial charge in [0.05, 0.1) is 22.9 Å². The molecule has 2 heterocycles. The van der Waals surface area contributed by atoms with Crippen LogP contribution in [-0.2, 0) is 0 Å². The molecule has 0 bridgehead atoms. The van der Waals surface area contributed by atoms with E-state index in [1.54, 1.807) is 17.5 Å². The highest BCUT2D eigenvalue weighted by atomic mass is 32.1. The predicted molar refractivity (Wildman–Crippen MR) is 91.7 cm³/mol. The zero-order valence-electron chi connectivity index (χ0n) is 12.0. The van der Waals surface area contributed by atoms with Gasteiger partial charge in [0, 0.05) is 16.5 Å². The molecule has 1 atom stereocenters. The molecule has 0 amide bonds. The molecule has 4 heteroatoms. The van der Waals surface area contributed by atoms with Gasteiger partial charge in [-0.3, -0.25) is 4.98 Å². The molecule has 0 radical (unpaired) electrons. The SMILES string of the molecule is CCCC(Nc1ccc2ncccc2c1N)c1cccs1. The summed E-state index contributed by atoms with van der Waals surface area (Å²) in [6, 6.07) is 12.6. The van der Waals surface area contributed by atoms with Crippen molar-refractivity contribution in [1.29, 1.82) is 0 Å². The van der Waals surface area contributed by atoms with E-state index in [-0.39, 0.29) is 0 Å². The van der Waals surface area contributed by atoms with Gasteiger partial charge in [-0.05, 0) is 42.1 Å². The summed E-state index contributed by atoms with van der Waals surface area (Å²) in [5.74, 6) is 0. The normalized spacial score (nSPS) is 12.4. The fourth-order valence-corrected chi connectivity index (χ4v) is 3.37. The van der Waals surface area contributed by atoms with E-state index in [2.05, 4.69) is 34.7 Å². The summed E-state index contributed by atoms with van der Waals surface area (Å²) in [6.07, 6.45) is 4.01. The van der Waals surface area contributed by atoms with E-state index in [0.717, 1.165) is 35.1 Å². The van der Waals surface area contributed by atoms with Gasteiger partial charge in [0.25, 0.3) is 0 Å². The minimum atomic E-state index is 0.312. The lowest BCUT2D eigenvalue weighted by atomic mass is 10.1. The van der Waals surface area contributed by atoms with Gasteiger partial charge in [0.15, 0.2) is 0 Å². The molecular formula is C17H19N3S. The summed E-state index contributed by atoms with van der Waals surface area (Å²) in [7, 11) is 0. The molecular weight excluding hydrogens is 278 g/mol. The first-order chi connectivity index (χ1) is 10.3. The molecule has 0 saturated heterocycles. The van der Waals surface area contributed by atoms with Crippen LogP contribution < -0.4 is 11.1 Å². The first kappa shape index (κ1) is 13.9. The molecule has 0 fully saturated rings. The van der Waals surface area contributed by atoms with Crippen LogP contribution in [0.25, 0.3) is 10.9 Å². The molecule has 21 heavy (non-hydrogen) atoms. The number of nitrogens with two attached hydrogens (primary N) is 1. The lowest BCUT2D eigenvalue weighted by Gasteiger charge is -2.20. The van der Waals surface area contributed by atoms with Crippen LogP contribution in [0.2, 0.25) is 0 Å². The zero-order valence-corrected chi connectivity index (χ0v) is 12.9. The summed E-state index contributed by atoms with van der Waals surface area (Å²) in [6.45, 7) is 2.20. The van der Waals surface area contributed by atoms with Gasteiger partial charge in [0.2, 0.25) is 0 Å². The Morgan fingerprint density at radius 2 is 2.14 bits per heavy atom. The molecule has 2 aromatic heterocycles. The minimum absolute atomic E-state index is 0.312. The fourth-order valence-electron chi connectivity index (χ4n) is 2.55. The van der Waals surface area contributed by atoms with Crippen LogP contribution >= 0.6 is 11.3 Å². The summed E-state index contributed by atoms with van der Waals surface area (Å²) in [4.78, 5) is 5.69. The van der Waals surface area contributed by atoms with E-state index in [1.807, 2.05) is 24.3 Å². The van der Waals surface area contributed by atoms with Gasteiger partial charge in [0.1, 0.15) is 0 Å². The third kappa shape index (κ3) is 2.85. The second-order valence-corrected chi connectivity index (χ2v) is 6.08. The van der Waals surface area contributed by atoms with E-state index in [0.29, 0.717) is 6.04 Å². The van der Waals surface area contributed by atoms with Crippen LogP contribution in [0.3, 0.4) is 0 Å². The van der Waals surface area contributed by atoms with Crippen molar-refractivity contribution in [1.82, 2.24) is 4.98 Å². The molecule has 1 unspecified atom stereocenters. The Balaban J connectivity index is 1.94. The van der Waals surface area contributed by atoms with E-state index in [4.69, 9.17) is 5.73 Å². The Morgan fingerprint density at radius 1 is 1.24 bits per heavy atom. The number of rotatable bonds is 5. The second-order valence-electron chi connectivity index (χ2n) is 5.10. The average molecular weight is 297 g/mol. The third-order valence-electron chi connectivity index (χ3n) is 3.62. The highest BCUT2D eigenvalue weighted by Gasteiger charge is 2.14. The smallest absolute Gasteiger partial charge is 0.0724 e. The second kappa shape index (κ2) is 6.14. The molecule has 0 saturated carbocycles. The standard InChI is InChI=1S/C17H19N3S/c1-2-5-14(16-7-4-11-21-16)20-15-9-8-13-12(17(15)18)6-3-10-19-13/h3-4,6-11,14,20H,2,5,18H2,1H3. The van der Waals surface area contributed by atoms with Crippen molar-refractivity contribution in [3.63, 3.8) is 0 Å². The predicted octanol–water partition coefficient (Wildman–Crippen LogP) is 4.83. The van der Waals surface area contributed by atoms with Gasteiger partial charge in [-0.1, -0.05) is 19.4 Å². The molecule has 0 aliphatic rings. The maximum absolute atomic E-state index is 6.32. The van der Waals surface area contributed by atoms with E-state index in [9.17, 15) is 0 Å². The van der Waals surface area contributed by atoms with Crippen LogP contribution in [0, 0.1) is 0 Å². The summed E-state index contributed by atoms with van der Waals surface area (Å²) < 4.78 is 0. The maximum Gasteiger partial charge on any atom is 0.0724 e. The number of nitrogens with zero attached hydrogens (tertiary/aromatic N) is 1. The van der Waals surface area contributed by atoms with Crippen molar-refractivity contribution in [3.8, 4) is 0 Å². The van der Waals surface area contributed by atoms with Crippen molar-refractivity contribution in [2.45, 2.75) is 25.8 Å². The number of pyridine rings is 1. The lowest BCUT2D eigenvalue weighted by molar-refractivity contribution is 0.688. The number of hydrogen-bond donors (Lipinski definition) is 2. The van der Waals surface area contributed by atoms with Gasteiger partial charge >= 0.3 is 0 Å². The first-order valence-corrected chi connectivity index (χ1v) is 8.10. The van der Waals surface area contributed by atoms with E-state index in [1.165, 1.54) is 4.88 Å². The van der Waals surface area contributed by atoms with Crippen LogP contribution in [0.15, 0.2) is 48.0 Å². The van der Waals surface area contributed by atoms with Crippen molar-refractivity contribution in [2.75, 3.05) is 11.1 Å². The molecule has 1 aromatic carbocycles. The quantitative estimate of drug-likeness (QED) is 0.663. The molecule has 3 rings (SSSR count). The summed E-state index contributed by atoms with van der Waals surface area (Å²) in [5, 5.41) is 6.72. The Labute approximate surface area is 128 Å². The van der Waals surface area contributed by atoms with Gasteiger partial charge < -0.3 is 11.1 Å². The van der Waals surface area contributed by atoms with E-state index < -0.39 is 0 Å².